The van der Waals surface area contributed by atoms with Crippen LogP contribution < -0.4 is 5.32 Å². The molecule has 1 aliphatic rings. The van der Waals surface area contributed by atoms with Crippen molar-refractivity contribution in [2.45, 2.75) is 19.3 Å². The summed E-state index contributed by atoms with van der Waals surface area (Å²) in [4.78, 5) is 17.4. The summed E-state index contributed by atoms with van der Waals surface area (Å²) in [7, 11) is 0. The first-order chi connectivity index (χ1) is 10.1. The normalized spacial score (nSPS) is 12.8. The third kappa shape index (κ3) is 2.69. The van der Waals surface area contributed by atoms with E-state index in [1.165, 1.54) is 22.4 Å². The van der Waals surface area contributed by atoms with Gasteiger partial charge in [-0.1, -0.05) is 11.6 Å². The number of pyridine rings is 1. The number of halogens is 2. The van der Waals surface area contributed by atoms with Crippen molar-refractivity contribution in [1.29, 1.82) is 5.26 Å². The molecule has 2 aromatic rings. The van der Waals surface area contributed by atoms with Crippen LogP contribution in [0.1, 0.15) is 32.8 Å². The molecule has 0 spiro atoms. The van der Waals surface area contributed by atoms with E-state index < -0.39 is 0 Å². The minimum Gasteiger partial charge on any atom is -0.312 e. The van der Waals surface area contributed by atoms with E-state index in [1.807, 2.05) is 0 Å². The predicted octanol–water partition coefficient (Wildman–Crippen LogP) is 4.17. The quantitative estimate of drug-likeness (QED) is 0.793. The van der Waals surface area contributed by atoms with Gasteiger partial charge < -0.3 is 5.32 Å². The van der Waals surface area contributed by atoms with E-state index in [4.69, 9.17) is 11.6 Å². The second kappa shape index (κ2) is 5.76. The zero-order valence-corrected chi connectivity index (χ0v) is 13.9. The number of nitrogens with one attached hydrogen (secondary N) is 1. The fourth-order valence-corrected chi connectivity index (χ4v) is 4.12. The lowest BCUT2D eigenvalue weighted by atomic mass is 10.1. The van der Waals surface area contributed by atoms with Crippen LogP contribution in [0.25, 0.3) is 0 Å². The van der Waals surface area contributed by atoms with Crippen LogP contribution in [0.15, 0.2) is 16.7 Å². The molecule has 0 saturated carbocycles. The number of hydrogen-bond acceptors (Lipinski definition) is 4. The van der Waals surface area contributed by atoms with Crippen LogP contribution >= 0.6 is 38.9 Å². The molecule has 4 nitrogen and oxygen atoms in total. The van der Waals surface area contributed by atoms with Gasteiger partial charge in [0.15, 0.2) is 0 Å². The van der Waals surface area contributed by atoms with E-state index in [0.29, 0.717) is 15.0 Å². The van der Waals surface area contributed by atoms with E-state index in [9.17, 15) is 10.1 Å². The molecule has 21 heavy (non-hydrogen) atoms. The molecular weight excluding hydrogens is 374 g/mol. The molecule has 0 aliphatic heterocycles. The third-order valence-corrected chi connectivity index (χ3v) is 5.25. The summed E-state index contributed by atoms with van der Waals surface area (Å²) < 4.78 is 0.672. The number of carbonyl (C=O) groups excluding carboxylic acids is 1. The number of aromatic nitrogens is 1. The number of fused-ring (bicyclic) bond motifs is 1. The van der Waals surface area contributed by atoms with Gasteiger partial charge in [-0.15, -0.1) is 11.3 Å². The van der Waals surface area contributed by atoms with Crippen molar-refractivity contribution in [3.63, 3.8) is 0 Å². The van der Waals surface area contributed by atoms with Gasteiger partial charge >= 0.3 is 0 Å². The van der Waals surface area contributed by atoms with Crippen LogP contribution in [-0.4, -0.2) is 10.9 Å². The summed E-state index contributed by atoms with van der Waals surface area (Å²) in [6.45, 7) is 0. The summed E-state index contributed by atoms with van der Waals surface area (Å²) in [5.74, 6) is -0.356. The molecule has 0 radical (unpaired) electrons. The van der Waals surface area contributed by atoms with Crippen molar-refractivity contribution in [3.8, 4) is 6.07 Å². The van der Waals surface area contributed by atoms with Crippen molar-refractivity contribution < 1.29 is 4.79 Å². The Balaban J connectivity index is 1.92. The molecule has 7 heteroatoms. The Bertz CT molecular complexity index is 781. The Hall–Kier alpha value is -1.42. The van der Waals surface area contributed by atoms with Gasteiger partial charge in [-0.25, -0.2) is 4.98 Å². The van der Waals surface area contributed by atoms with Crippen LogP contribution in [0.5, 0.6) is 0 Å². The van der Waals surface area contributed by atoms with Crippen molar-refractivity contribution in [1.82, 2.24) is 4.98 Å². The Morgan fingerprint density at radius 1 is 1.52 bits per heavy atom. The van der Waals surface area contributed by atoms with E-state index >= 15 is 0 Å². The first-order valence-corrected chi connectivity index (χ1v) is 8.26. The first kappa shape index (κ1) is 14.5. The Labute approximate surface area is 138 Å². The zero-order chi connectivity index (χ0) is 15.0. The lowest BCUT2D eigenvalue weighted by Gasteiger charge is -2.05. The van der Waals surface area contributed by atoms with E-state index in [1.54, 1.807) is 6.07 Å². The van der Waals surface area contributed by atoms with Crippen LogP contribution in [0.3, 0.4) is 0 Å². The van der Waals surface area contributed by atoms with Gasteiger partial charge in [-0.3, -0.25) is 4.79 Å². The molecule has 106 valence electrons. The number of carbonyl (C=O) groups is 1. The highest BCUT2D eigenvalue weighted by atomic mass is 79.9. The van der Waals surface area contributed by atoms with E-state index in [2.05, 4.69) is 32.3 Å². The smallest absolute Gasteiger partial charge is 0.259 e. The minimum absolute atomic E-state index is 0.137. The summed E-state index contributed by atoms with van der Waals surface area (Å²) in [5, 5.41) is 12.8. The summed E-state index contributed by atoms with van der Waals surface area (Å²) in [5.41, 5.74) is 1.94. The number of hydrogen-bond donors (Lipinski definition) is 1. The number of aryl methyl sites for hydroxylation is 1. The maximum atomic E-state index is 12.3. The van der Waals surface area contributed by atoms with Crippen LogP contribution in [0, 0.1) is 11.3 Å². The molecule has 0 aromatic carbocycles. The first-order valence-electron chi connectivity index (χ1n) is 6.27. The summed E-state index contributed by atoms with van der Waals surface area (Å²) >= 11 is 10.7. The van der Waals surface area contributed by atoms with Crippen LogP contribution in [0.4, 0.5) is 5.00 Å². The maximum absolute atomic E-state index is 12.3. The van der Waals surface area contributed by atoms with Gasteiger partial charge in [0.1, 0.15) is 16.2 Å². The molecule has 1 amide bonds. The fourth-order valence-electron chi connectivity index (χ4n) is 2.36. The zero-order valence-electron chi connectivity index (χ0n) is 10.7. The van der Waals surface area contributed by atoms with Crippen LogP contribution in [0.2, 0.25) is 5.15 Å². The van der Waals surface area contributed by atoms with Gasteiger partial charge in [-0.05, 0) is 46.8 Å². The molecule has 2 heterocycles. The van der Waals surface area contributed by atoms with Crippen molar-refractivity contribution in [2.24, 2.45) is 0 Å². The number of nitrogens with zero attached hydrogens (tertiary/aromatic N) is 2. The van der Waals surface area contributed by atoms with Crippen molar-refractivity contribution >= 4 is 49.8 Å². The predicted molar refractivity (Wildman–Crippen MR) is 86.0 cm³/mol. The highest BCUT2D eigenvalue weighted by molar-refractivity contribution is 9.10. The minimum atomic E-state index is -0.356. The van der Waals surface area contributed by atoms with Crippen LogP contribution in [-0.2, 0) is 12.8 Å². The largest absolute Gasteiger partial charge is 0.312 e. The molecule has 0 bridgehead atoms. The lowest BCUT2D eigenvalue weighted by Crippen LogP contribution is -2.13. The number of amides is 1. The average Bonchev–Trinajstić information content (AvgIpc) is 3.01. The second-order valence-electron chi connectivity index (χ2n) is 4.62. The van der Waals surface area contributed by atoms with Crippen molar-refractivity contribution in [3.05, 3.63) is 43.5 Å². The van der Waals surface area contributed by atoms with Gasteiger partial charge in [0.05, 0.1) is 11.1 Å². The Kier molecular flexibility index (Phi) is 3.98. The SMILES string of the molecule is N#Cc1c(NC(=O)c2cc(Br)cnc2Cl)sc2c1CCC2. The number of thiophene rings is 1. The van der Waals surface area contributed by atoms with E-state index in [-0.39, 0.29) is 16.6 Å². The Morgan fingerprint density at radius 3 is 3.10 bits per heavy atom. The van der Waals surface area contributed by atoms with Gasteiger partial charge in [-0.2, -0.15) is 5.26 Å². The number of nitriles is 1. The lowest BCUT2D eigenvalue weighted by molar-refractivity contribution is 0.102. The highest BCUT2D eigenvalue weighted by Crippen LogP contribution is 2.38. The molecule has 0 unspecified atom stereocenters. The second-order valence-corrected chi connectivity index (χ2v) is 7.00. The average molecular weight is 383 g/mol. The summed E-state index contributed by atoms with van der Waals surface area (Å²) in [6, 6.07) is 3.81. The molecular formula is C14H9BrClN3OS. The molecule has 2 aromatic heterocycles. The van der Waals surface area contributed by atoms with Gasteiger partial charge in [0, 0.05) is 15.5 Å². The van der Waals surface area contributed by atoms with Gasteiger partial charge in [0.25, 0.3) is 5.91 Å². The highest BCUT2D eigenvalue weighted by Gasteiger charge is 2.24. The molecule has 3 rings (SSSR count). The van der Waals surface area contributed by atoms with Crippen molar-refractivity contribution in [2.75, 3.05) is 5.32 Å². The molecule has 0 fully saturated rings. The Morgan fingerprint density at radius 2 is 2.33 bits per heavy atom. The maximum Gasteiger partial charge on any atom is 0.259 e. The molecule has 0 atom stereocenters. The topological polar surface area (TPSA) is 65.8 Å². The number of rotatable bonds is 2. The number of anilines is 1. The third-order valence-electron chi connectivity index (χ3n) is 3.31. The monoisotopic (exact) mass is 381 g/mol. The molecule has 1 N–H and O–H groups in total. The van der Waals surface area contributed by atoms with Gasteiger partial charge in [0.2, 0.25) is 0 Å². The molecule has 1 aliphatic carbocycles. The summed E-state index contributed by atoms with van der Waals surface area (Å²) in [6.07, 6.45) is 4.48. The van der Waals surface area contributed by atoms with E-state index in [0.717, 1.165) is 24.8 Å². The fraction of sp³-hybridized carbons (Fsp3) is 0.214. The molecule has 0 saturated heterocycles. The standard InChI is InChI=1S/C14H9BrClN3OS/c15-7-4-9(12(16)18-6-7)13(20)19-14-10(5-17)8-2-1-3-11(8)21-14/h4,6H,1-3H2,(H,19,20).